The highest BCUT2D eigenvalue weighted by Crippen LogP contribution is 2.07. The normalized spacial score (nSPS) is 17.8. The number of unbranched alkanes of at least 4 members (excludes halogenated alkanes) is 1. The quantitative estimate of drug-likeness (QED) is 0.701. The Hall–Kier alpha value is -1.30. The fraction of sp³-hybridized carbons (Fsp3) is 0.867. The molecule has 1 heterocycles. The molecule has 0 saturated carbocycles. The molecule has 1 saturated heterocycles. The van der Waals surface area contributed by atoms with Gasteiger partial charge in [-0.2, -0.15) is 0 Å². The number of rotatable bonds is 7. The zero-order valence-corrected chi connectivity index (χ0v) is 13.5. The van der Waals surface area contributed by atoms with Crippen LogP contribution in [0, 0.1) is 5.92 Å². The van der Waals surface area contributed by atoms with Crippen LogP contribution in [0.1, 0.15) is 40.0 Å². The Balaban J connectivity index is 2.18. The lowest BCUT2D eigenvalue weighted by Gasteiger charge is -2.36. The number of hydrogen-bond acceptors (Lipinski definition) is 3. The van der Waals surface area contributed by atoms with Crippen LogP contribution in [-0.2, 0) is 4.79 Å². The highest BCUT2D eigenvalue weighted by Gasteiger charge is 2.26. The van der Waals surface area contributed by atoms with Crippen molar-refractivity contribution in [3.8, 4) is 0 Å². The number of aliphatic carboxylic acids is 1. The van der Waals surface area contributed by atoms with Crippen molar-refractivity contribution in [2.75, 3.05) is 32.7 Å². The lowest BCUT2D eigenvalue weighted by molar-refractivity contribution is -0.143. The topological polar surface area (TPSA) is 72.9 Å². The van der Waals surface area contributed by atoms with Crippen molar-refractivity contribution in [3.63, 3.8) is 0 Å². The molecule has 1 unspecified atom stereocenters. The summed E-state index contributed by atoms with van der Waals surface area (Å²) in [7, 11) is 0. The Morgan fingerprint density at radius 2 is 1.71 bits per heavy atom. The number of hydrogen-bond donors (Lipinski definition) is 2. The Labute approximate surface area is 127 Å². The summed E-state index contributed by atoms with van der Waals surface area (Å²) in [5.74, 6) is -0.0944. The first kappa shape index (κ1) is 17.8. The van der Waals surface area contributed by atoms with Crippen LogP contribution in [0.4, 0.5) is 4.79 Å². The summed E-state index contributed by atoms with van der Waals surface area (Å²) in [5, 5.41) is 11.9. The van der Waals surface area contributed by atoms with Gasteiger partial charge in [-0.1, -0.05) is 26.7 Å². The van der Waals surface area contributed by atoms with E-state index in [1.165, 1.54) is 6.42 Å². The molecule has 0 radical (unpaired) electrons. The van der Waals surface area contributed by atoms with E-state index in [1.54, 1.807) is 11.8 Å². The Bertz CT molecular complexity index is 339. The van der Waals surface area contributed by atoms with Crippen molar-refractivity contribution < 1.29 is 14.7 Å². The second kappa shape index (κ2) is 8.87. The van der Waals surface area contributed by atoms with Crippen LogP contribution in [0.2, 0.25) is 0 Å². The van der Waals surface area contributed by atoms with Gasteiger partial charge in [-0.3, -0.25) is 9.69 Å². The molecule has 0 aromatic heterocycles. The molecule has 0 bridgehead atoms. The zero-order chi connectivity index (χ0) is 15.8. The molecule has 1 aliphatic heterocycles. The summed E-state index contributed by atoms with van der Waals surface area (Å²) in [6.45, 7) is 9.24. The molecule has 2 N–H and O–H groups in total. The molecular weight excluding hydrogens is 270 g/mol. The zero-order valence-electron chi connectivity index (χ0n) is 13.5. The van der Waals surface area contributed by atoms with E-state index in [2.05, 4.69) is 19.2 Å². The van der Waals surface area contributed by atoms with E-state index in [9.17, 15) is 9.59 Å². The molecule has 2 amide bonds. The minimum atomic E-state index is -0.807. The molecule has 0 spiro atoms. The van der Waals surface area contributed by atoms with Crippen LogP contribution in [-0.4, -0.2) is 65.7 Å². The molecule has 6 heteroatoms. The van der Waals surface area contributed by atoms with Crippen molar-refractivity contribution in [3.05, 3.63) is 0 Å². The Morgan fingerprint density at radius 1 is 1.10 bits per heavy atom. The first-order valence-corrected chi connectivity index (χ1v) is 7.91. The van der Waals surface area contributed by atoms with Gasteiger partial charge in [0.25, 0.3) is 0 Å². The maximum Gasteiger partial charge on any atom is 0.320 e. The van der Waals surface area contributed by atoms with Crippen molar-refractivity contribution in [2.45, 2.75) is 46.1 Å². The van der Waals surface area contributed by atoms with E-state index in [0.717, 1.165) is 19.4 Å². The summed E-state index contributed by atoms with van der Waals surface area (Å²) in [6.07, 6.45) is 3.35. The van der Waals surface area contributed by atoms with Gasteiger partial charge in [0.2, 0.25) is 0 Å². The summed E-state index contributed by atoms with van der Waals surface area (Å²) in [4.78, 5) is 26.6. The average Bonchev–Trinajstić information content (AvgIpc) is 2.45. The lowest BCUT2D eigenvalue weighted by atomic mass is 10.1. The molecule has 0 aliphatic carbocycles. The van der Waals surface area contributed by atoms with Gasteiger partial charge in [-0.15, -0.1) is 0 Å². The number of nitrogens with zero attached hydrogens (tertiary/aromatic N) is 2. The SMILES string of the molecule is CC(C)CCCCNC(=O)N1CCN(C(C)C(=O)O)CC1. The number of carbonyl (C=O) groups is 2. The Morgan fingerprint density at radius 3 is 2.24 bits per heavy atom. The van der Waals surface area contributed by atoms with Gasteiger partial charge < -0.3 is 15.3 Å². The summed E-state index contributed by atoms with van der Waals surface area (Å²) in [6, 6.07) is -0.506. The van der Waals surface area contributed by atoms with E-state index in [0.29, 0.717) is 32.1 Å². The number of carboxylic acids is 1. The van der Waals surface area contributed by atoms with Gasteiger partial charge in [0.1, 0.15) is 6.04 Å². The van der Waals surface area contributed by atoms with Crippen molar-refractivity contribution in [1.82, 2.24) is 15.1 Å². The molecule has 21 heavy (non-hydrogen) atoms. The summed E-state index contributed by atoms with van der Waals surface area (Å²) >= 11 is 0. The second-order valence-electron chi connectivity index (χ2n) is 6.16. The third kappa shape index (κ3) is 6.33. The monoisotopic (exact) mass is 299 g/mol. The number of carbonyl (C=O) groups excluding carboxylic acids is 1. The third-order valence-electron chi connectivity index (χ3n) is 3.99. The van der Waals surface area contributed by atoms with Gasteiger partial charge in [-0.05, 0) is 19.3 Å². The predicted molar refractivity (Wildman–Crippen MR) is 82.3 cm³/mol. The van der Waals surface area contributed by atoms with Crippen LogP contribution >= 0.6 is 0 Å². The number of nitrogens with one attached hydrogen (secondary N) is 1. The van der Waals surface area contributed by atoms with Crippen molar-refractivity contribution in [2.24, 2.45) is 5.92 Å². The van der Waals surface area contributed by atoms with Crippen LogP contribution in [0.25, 0.3) is 0 Å². The van der Waals surface area contributed by atoms with Crippen LogP contribution < -0.4 is 5.32 Å². The largest absolute Gasteiger partial charge is 0.480 e. The number of piperazine rings is 1. The smallest absolute Gasteiger partial charge is 0.320 e. The van der Waals surface area contributed by atoms with E-state index in [-0.39, 0.29) is 6.03 Å². The van der Waals surface area contributed by atoms with Crippen LogP contribution in [0.15, 0.2) is 0 Å². The van der Waals surface area contributed by atoms with Gasteiger partial charge in [0.05, 0.1) is 0 Å². The van der Waals surface area contributed by atoms with Crippen molar-refractivity contribution in [1.29, 1.82) is 0 Å². The maximum absolute atomic E-state index is 12.0. The first-order chi connectivity index (χ1) is 9.91. The fourth-order valence-corrected chi connectivity index (χ4v) is 2.45. The molecule has 0 aromatic carbocycles. The molecule has 6 nitrogen and oxygen atoms in total. The number of carboxylic acid groups (broad SMARTS) is 1. The van der Waals surface area contributed by atoms with E-state index in [1.807, 2.05) is 4.90 Å². The molecule has 1 aliphatic rings. The molecule has 1 atom stereocenters. The third-order valence-corrected chi connectivity index (χ3v) is 3.99. The van der Waals surface area contributed by atoms with Gasteiger partial charge in [-0.25, -0.2) is 4.79 Å². The van der Waals surface area contributed by atoms with Crippen LogP contribution in [0.3, 0.4) is 0 Å². The Kier molecular flexibility index (Phi) is 7.50. The highest BCUT2D eigenvalue weighted by molar-refractivity contribution is 5.74. The summed E-state index contributed by atoms with van der Waals surface area (Å²) < 4.78 is 0. The number of amides is 2. The highest BCUT2D eigenvalue weighted by atomic mass is 16.4. The maximum atomic E-state index is 12.0. The average molecular weight is 299 g/mol. The molecular formula is C15H29N3O3. The minimum Gasteiger partial charge on any atom is -0.480 e. The number of urea groups is 1. The van der Waals surface area contributed by atoms with Crippen LogP contribution in [0.5, 0.6) is 0 Å². The molecule has 122 valence electrons. The van der Waals surface area contributed by atoms with E-state index < -0.39 is 12.0 Å². The van der Waals surface area contributed by atoms with Crippen molar-refractivity contribution >= 4 is 12.0 Å². The van der Waals surface area contributed by atoms with E-state index >= 15 is 0 Å². The second-order valence-corrected chi connectivity index (χ2v) is 6.16. The predicted octanol–water partition coefficient (Wildman–Crippen LogP) is 1.61. The summed E-state index contributed by atoms with van der Waals surface area (Å²) in [5.41, 5.74) is 0. The first-order valence-electron chi connectivity index (χ1n) is 7.91. The molecule has 0 aromatic rings. The lowest BCUT2D eigenvalue weighted by Crippen LogP contribution is -2.55. The molecule has 1 fully saturated rings. The fourth-order valence-electron chi connectivity index (χ4n) is 2.45. The van der Waals surface area contributed by atoms with Gasteiger partial charge in [0, 0.05) is 32.7 Å². The van der Waals surface area contributed by atoms with E-state index in [4.69, 9.17) is 5.11 Å². The van der Waals surface area contributed by atoms with Gasteiger partial charge in [0.15, 0.2) is 0 Å². The molecule has 1 rings (SSSR count). The standard InChI is InChI=1S/C15H29N3O3/c1-12(2)6-4-5-7-16-15(21)18-10-8-17(9-11-18)13(3)14(19)20/h12-13H,4-11H2,1-3H3,(H,16,21)(H,19,20). The minimum absolute atomic E-state index is 0.0258. The van der Waals surface area contributed by atoms with Gasteiger partial charge >= 0.3 is 12.0 Å².